The number of nitrogens with one attached hydrogen (secondary N) is 2. The lowest BCUT2D eigenvalue weighted by atomic mass is 10.2. The number of aliphatic hydroxyl groups is 1. The van der Waals surface area contributed by atoms with Gasteiger partial charge in [-0.15, -0.1) is 0 Å². The molecule has 1 aliphatic heterocycles. The summed E-state index contributed by atoms with van der Waals surface area (Å²) in [5.41, 5.74) is 1.19. The second kappa shape index (κ2) is 21.8. The van der Waals surface area contributed by atoms with Crippen LogP contribution in [0.2, 0.25) is 10.0 Å². The Morgan fingerprint density at radius 2 is 1.08 bits per heavy atom. The number of halogens is 2. The van der Waals surface area contributed by atoms with Gasteiger partial charge in [0.1, 0.15) is 26.4 Å². The van der Waals surface area contributed by atoms with Gasteiger partial charge in [-0.25, -0.2) is 14.2 Å². The van der Waals surface area contributed by atoms with E-state index in [4.69, 9.17) is 60.5 Å². The molecule has 0 saturated carbocycles. The maximum Gasteiger partial charge on any atom is 0.475 e. The van der Waals surface area contributed by atoms with Crippen LogP contribution in [0.3, 0.4) is 0 Å². The summed E-state index contributed by atoms with van der Waals surface area (Å²) < 4.78 is 56.3. The first-order chi connectivity index (χ1) is 23.6. The normalized spacial score (nSPS) is 19.9. The number of phosphoric acid groups is 1. The number of ether oxygens (including phenoxy) is 5. The topological polar surface area (TPSA) is 203 Å². The largest absolute Gasteiger partial charge is 0.475 e. The molecule has 2 amide bonds. The first-order valence-corrected chi connectivity index (χ1v) is 17.1. The Kier molecular flexibility index (Phi) is 17.9. The van der Waals surface area contributed by atoms with E-state index in [1.54, 1.807) is 48.5 Å². The molecule has 2 atom stereocenters. The van der Waals surface area contributed by atoms with Crippen molar-refractivity contribution in [3.05, 3.63) is 69.7 Å². The van der Waals surface area contributed by atoms with Crippen LogP contribution in [0.15, 0.2) is 48.5 Å². The average molecular weight is 752 g/mol. The van der Waals surface area contributed by atoms with E-state index in [1.165, 1.54) is 0 Å². The van der Waals surface area contributed by atoms with Gasteiger partial charge in [-0.05, 0) is 35.4 Å². The lowest BCUT2D eigenvalue weighted by Gasteiger charge is -2.22. The van der Waals surface area contributed by atoms with Crippen LogP contribution >= 0.6 is 31.0 Å². The van der Waals surface area contributed by atoms with Crippen molar-refractivity contribution in [3.63, 3.8) is 0 Å². The molecule has 0 aromatic heterocycles. The molecular weight excluding hydrogens is 714 g/mol. The van der Waals surface area contributed by atoms with Crippen LogP contribution in [-0.2, 0) is 74.2 Å². The van der Waals surface area contributed by atoms with Crippen LogP contribution in [0.25, 0.3) is 0 Å². The van der Waals surface area contributed by atoms with Crippen molar-refractivity contribution in [1.29, 1.82) is 0 Å². The maximum absolute atomic E-state index is 13.8. The monoisotopic (exact) mass is 750 g/mol. The van der Waals surface area contributed by atoms with Gasteiger partial charge in [0.15, 0.2) is 12.1 Å². The number of phosphoric ester groups is 1. The van der Waals surface area contributed by atoms with Crippen molar-refractivity contribution in [2.75, 3.05) is 66.1 Å². The van der Waals surface area contributed by atoms with Gasteiger partial charge in [0.05, 0.1) is 52.9 Å². The number of carbonyl (C=O) groups excluding carboxylic acids is 4. The molecule has 1 saturated heterocycles. The second-order valence-electron chi connectivity index (χ2n) is 10.0. The summed E-state index contributed by atoms with van der Waals surface area (Å²) in [6.45, 7) is -3.76. The van der Waals surface area contributed by atoms with Gasteiger partial charge >= 0.3 is 19.8 Å². The van der Waals surface area contributed by atoms with Crippen LogP contribution in [0.1, 0.15) is 11.1 Å². The fourth-order valence-corrected chi connectivity index (χ4v) is 5.14. The molecule has 1 heterocycles. The highest BCUT2D eigenvalue weighted by Crippen LogP contribution is 2.51. The minimum Gasteiger partial charge on any atom is -0.462 e. The number of rotatable bonds is 10. The van der Waals surface area contributed by atoms with Crippen LogP contribution in [0.5, 0.6) is 0 Å². The average Bonchev–Trinajstić information content (AvgIpc) is 3.09. The molecule has 2 aromatic carbocycles. The molecule has 3 N–H and O–H groups in total. The van der Waals surface area contributed by atoms with Crippen LogP contribution in [-0.4, -0.2) is 107 Å². The Hall–Kier alpha value is -3.15. The standard InChI is InChI=1S/C30H37Cl2N2O14P/c31-23-5-1-21(2-6-23)16-46-49(40,47-17-22-3-7-24(32)8-4-22)48-18-26-30(39)45-14-12-41-11-13-44-29(38)25(15-35)33-27(36)19-42-9-10-43-20-28(37)34-26/h1-8,25-26,35H,9-20H2,(H,33,36)(H,34,37)/t25-,26+/m1/s1. The molecule has 0 unspecified atom stereocenters. The molecular formula is C30H37Cl2N2O14P. The van der Waals surface area contributed by atoms with Crippen LogP contribution < -0.4 is 10.6 Å². The number of benzene rings is 2. The van der Waals surface area contributed by atoms with Gasteiger partial charge in [0, 0.05) is 10.0 Å². The third kappa shape index (κ3) is 16.0. The first kappa shape index (κ1) is 40.3. The third-order valence-electron chi connectivity index (χ3n) is 6.21. The molecule has 0 bridgehead atoms. The highest BCUT2D eigenvalue weighted by atomic mass is 35.5. The van der Waals surface area contributed by atoms with Gasteiger partial charge in [-0.3, -0.25) is 23.2 Å². The highest BCUT2D eigenvalue weighted by Gasteiger charge is 2.32. The van der Waals surface area contributed by atoms with Crippen molar-refractivity contribution < 1.29 is 66.1 Å². The van der Waals surface area contributed by atoms with Gasteiger partial charge in [0.25, 0.3) is 0 Å². The fraction of sp³-hybridized carbons (Fsp3) is 0.467. The summed E-state index contributed by atoms with van der Waals surface area (Å²) in [7, 11) is -4.39. The highest BCUT2D eigenvalue weighted by molar-refractivity contribution is 7.48. The predicted molar refractivity (Wildman–Crippen MR) is 171 cm³/mol. The second-order valence-corrected chi connectivity index (χ2v) is 12.6. The van der Waals surface area contributed by atoms with E-state index < -0.39 is 70.1 Å². The van der Waals surface area contributed by atoms with Crippen LogP contribution in [0, 0.1) is 0 Å². The number of amides is 2. The van der Waals surface area contributed by atoms with Crippen molar-refractivity contribution in [2.24, 2.45) is 0 Å². The van der Waals surface area contributed by atoms with Gasteiger partial charge in [-0.1, -0.05) is 47.5 Å². The lowest BCUT2D eigenvalue weighted by Crippen LogP contribution is -2.46. The maximum atomic E-state index is 13.8. The first-order valence-electron chi connectivity index (χ1n) is 14.9. The van der Waals surface area contributed by atoms with E-state index in [9.17, 15) is 28.8 Å². The molecule has 1 aliphatic rings. The summed E-state index contributed by atoms with van der Waals surface area (Å²) >= 11 is 11.9. The Morgan fingerprint density at radius 1 is 0.653 bits per heavy atom. The number of aliphatic hydroxyl groups excluding tert-OH is 1. The molecule has 0 radical (unpaired) electrons. The number of esters is 2. The molecule has 2 aromatic rings. The number of carbonyl (C=O) groups is 4. The number of cyclic esters (lactones) is 2. The van der Waals surface area contributed by atoms with Crippen molar-refractivity contribution in [1.82, 2.24) is 10.6 Å². The minimum atomic E-state index is -4.39. The smallest absolute Gasteiger partial charge is 0.462 e. The van der Waals surface area contributed by atoms with E-state index in [1.807, 2.05) is 0 Å². The molecule has 16 nitrogen and oxygen atoms in total. The van der Waals surface area contributed by atoms with E-state index in [0.717, 1.165) is 0 Å². The molecule has 49 heavy (non-hydrogen) atoms. The molecule has 19 heteroatoms. The Morgan fingerprint density at radius 3 is 1.55 bits per heavy atom. The summed E-state index contributed by atoms with van der Waals surface area (Å²) in [6.07, 6.45) is 0. The third-order valence-corrected chi connectivity index (χ3v) is 8.07. The fourth-order valence-electron chi connectivity index (χ4n) is 3.72. The summed E-state index contributed by atoms with van der Waals surface area (Å²) in [5, 5.41) is 15.0. The molecule has 270 valence electrons. The zero-order chi connectivity index (χ0) is 35.5. The molecule has 3 rings (SSSR count). The van der Waals surface area contributed by atoms with E-state index >= 15 is 0 Å². The zero-order valence-corrected chi connectivity index (χ0v) is 28.6. The molecule has 0 spiro atoms. The van der Waals surface area contributed by atoms with Gasteiger partial charge in [0.2, 0.25) is 11.8 Å². The zero-order valence-electron chi connectivity index (χ0n) is 26.2. The van der Waals surface area contributed by atoms with E-state index in [-0.39, 0.29) is 52.9 Å². The Balaban J connectivity index is 1.66. The summed E-state index contributed by atoms with van der Waals surface area (Å²) in [6, 6.07) is 10.3. The summed E-state index contributed by atoms with van der Waals surface area (Å²) in [4.78, 5) is 49.8. The lowest BCUT2D eigenvalue weighted by molar-refractivity contribution is -0.152. The summed E-state index contributed by atoms with van der Waals surface area (Å²) in [5.74, 6) is -3.30. The van der Waals surface area contributed by atoms with Crippen LogP contribution in [0.4, 0.5) is 0 Å². The minimum absolute atomic E-state index is 0.0990. The van der Waals surface area contributed by atoms with Crippen molar-refractivity contribution in [3.8, 4) is 0 Å². The molecule has 0 aliphatic carbocycles. The quantitative estimate of drug-likeness (QED) is 0.235. The number of hydrogen-bond donors (Lipinski definition) is 3. The van der Waals surface area contributed by atoms with E-state index in [2.05, 4.69) is 10.6 Å². The van der Waals surface area contributed by atoms with Crippen molar-refractivity contribution in [2.45, 2.75) is 25.3 Å². The SMILES string of the molecule is O=C1COCCOCC(=O)N[C@H](CO)C(=O)OCCOCCOC(=O)[C@H](COP(=O)(OCc2ccc(Cl)cc2)OCc2ccc(Cl)cc2)N1. The predicted octanol–water partition coefficient (Wildman–Crippen LogP) is 1.96. The number of hydrogen-bond acceptors (Lipinski definition) is 14. The molecule has 1 fully saturated rings. The van der Waals surface area contributed by atoms with Gasteiger partial charge < -0.3 is 39.4 Å². The van der Waals surface area contributed by atoms with Crippen molar-refractivity contribution >= 4 is 54.8 Å². The Labute approximate surface area is 292 Å². The van der Waals surface area contributed by atoms with Gasteiger partial charge in [-0.2, -0.15) is 0 Å². The Bertz CT molecular complexity index is 1350. The van der Waals surface area contributed by atoms with E-state index in [0.29, 0.717) is 21.2 Å².